The van der Waals surface area contributed by atoms with Gasteiger partial charge in [0.15, 0.2) is 0 Å². The van der Waals surface area contributed by atoms with Gasteiger partial charge in [-0.15, -0.1) is 0 Å². The van der Waals surface area contributed by atoms with Crippen LogP contribution in [0.4, 0.5) is 0 Å². The molecule has 1 aromatic rings. The third-order valence-corrected chi connectivity index (χ3v) is 5.79. The molecule has 0 aliphatic heterocycles. The third-order valence-electron chi connectivity index (χ3n) is 1.06. The lowest BCUT2D eigenvalue weighted by molar-refractivity contribution is 1.54. The minimum atomic E-state index is 0.658. The highest BCUT2D eigenvalue weighted by molar-refractivity contribution is 14.1. The van der Waals surface area contributed by atoms with Crippen LogP contribution in [0.25, 0.3) is 0 Å². The van der Waals surface area contributed by atoms with Crippen molar-refractivity contribution < 1.29 is 0 Å². The Morgan fingerprint density at radius 3 is 2.36 bits per heavy atom. The maximum Gasteiger partial charge on any atom is 0.0693 e. The molecule has 0 spiro atoms. The maximum atomic E-state index is 5.91. The van der Waals surface area contributed by atoms with Gasteiger partial charge in [0.1, 0.15) is 0 Å². The van der Waals surface area contributed by atoms with Crippen LogP contribution in [0.1, 0.15) is 0 Å². The largest absolute Gasteiger partial charge is 0.0830 e. The SMILES string of the molecule is Clc1cc(Br)c(Cl)c(I)c1Br. The molecule has 5 heteroatoms. The van der Waals surface area contributed by atoms with Crippen LogP contribution in [-0.4, -0.2) is 0 Å². The van der Waals surface area contributed by atoms with Gasteiger partial charge >= 0.3 is 0 Å². The first-order valence-electron chi connectivity index (χ1n) is 2.52. The number of halogens is 5. The molecule has 0 aliphatic rings. The van der Waals surface area contributed by atoms with Crippen molar-refractivity contribution in [3.63, 3.8) is 0 Å². The van der Waals surface area contributed by atoms with Gasteiger partial charge in [0, 0.05) is 8.04 Å². The Morgan fingerprint density at radius 1 is 1.27 bits per heavy atom. The molecular formula is C6HBr2Cl2I. The standard InChI is InChI=1S/C6HBr2Cl2I/c7-2-1-3(9)4(8)6(11)5(2)10/h1H. The predicted octanol–water partition coefficient (Wildman–Crippen LogP) is 5.12. The summed E-state index contributed by atoms with van der Waals surface area (Å²) in [5.74, 6) is 0. The van der Waals surface area contributed by atoms with Gasteiger partial charge in [0.25, 0.3) is 0 Å². The number of hydrogen-bond acceptors (Lipinski definition) is 0. The van der Waals surface area contributed by atoms with E-state index in [2.05, 4.69) is 54.5 Å². The highest BCUT2D eigenvalue weighted by Gasteiger charge is 2.09. The number of hydrogen-bond donors (Lipinski definition) is 0. The summed E-state index contributed by atoms with van der Waals surface area (Å²) < 4.78 is 2.58. The van der Waals surface area contributed by atoms with E-state index in [1.165, 1.54) is 0 Å². The molecule has 60 valence electrons. The molecule has 1 aromatic carbocycles. The van der Waals surface area contributed by atoms with Crippen LogP contribution in [0.2, 0.25) is 10.0 Å². The molecule has 0 radical (unpaired) electrons. The van der Waals surface area contributed by atoms with Crippen molar-refractivity contribution >= 4 is 77.7 Å². The van der Waals surface area contributed by atoms with Crippen molar-refractivity contribution in [3.8, 4) is 0 Å². The summed E-state index contributed by atoms with van der Waals surface area (Å²) in [5, 5.41) is 1.34. The molecule has 0 saturated heterocycles. The Hall–Kier alpha value is 1.49. The van der Waals surface area contributed by atoms with E-state index in [-0.39, 0.29) is 0 Å². The lowest BCUT2D eigenvalue weighted by atomic mass is 10.4. The summed E-state index contributed by atoms with van der Waals surface area (Å²) in [7, 11) is 0. The van der Waals surface area contributed by atoms with Crippen molar-refractivity contribution in [2.24, 2.45) is 0 Å². The first-order chi connectivity index (χ1) is 5.04. The molecular weight excluding hydrogens is 430 g/mol. The minimum absolute atomic E-state index is 0.658. The molecule has 0 unspecified atom stereocenters. The summed E-state index contributed by atoms with van der Waals surface area (Å²) >= 11 is 20.5. The van der Waals surface area contributed by atoms with Crippen molar-refractivity contribution in [2.45, 2.75) is 0 Å². The Balaban J connectivity index is 3.46. The van der Waals surface area contributed by atoms with Gasteiger partial charge in [-0.2, -0.15) is 0 Å². The first kappa shape index (κ1) is 10.6. The second-order valence-electron chi connectivity index (χ2n) is 1.78. The maximum absolute atomic E-state index is 5.91. The third kappa shape index (κ3) is 2.24. The second kappa shape index (κ2) is 4.13. The number of benzene rings is 1. The van der Waals surface area contributed by atoms with E-state index in [0.29, 0.717) is 10.0 Å². The summed E-state index contributed by atoms with van der Waals surface area (Å²) in [6.45, 7) is 0. The molecule has 1 rings (SSSR count). The predicted molar refractivity (Wildman–Crippen MR) is 64.6 cm³/mol. The van der Waals surface area contributed by atoms with E-state index in [1.807, 2.05) is 0 Å². The zero-order chi connectivity index (χ0) is 8.59. The van der Waals surface area contributed by atoms with Crippen LogP contribution >= 0.6 is 77.7 Å². The zero-order valence-corrected chi connectivity index (χ0v) is 11.8. The Morgan fingerprint density at radius 2 is 1.82 bits per heavy atom. The Labute approximate surface area is 105 Å². The molecule has 0 heterocycles. The summed E-state index contributed by atoms with van der Waals surface area (Å²) in [4.78, 5) is 0. The van der Waals surface area contributed by atoms with Gasteiger partial charge in [-0.3, -0.25) is 0 Å². The highest BCUT2D eigenvalue weighted by Crippen LogP contribution is 2.37. The monoisotopic (exact) mass is 428 g/mol. The number of rotatable bonds is 0. The fourth-order valence-corrected chi connectivity index (χ4v) is 2.99. The Kier molecular flexibility index (Phi) is 3.97. The normalized spacial score (nSPS) is 10.3. The molecule has 11 heavy (non-hydrogen) atoms. The van der Waals surface area contributed by atoms with Gasteiger partial charge < -0.3 is 0 Å². The molecule has 0 bridgehead atoms. The van der Waals surface area contributed by atoms with E-state index in [9.17, 15) is 0 Å². The summed E-state index contributed by atoms with van der Waals surface area (Å²) in [6, 6.07) is 1.76. The molecule has 0 aliphatic carbocycles. The van der Waals surface area contributed by atoms with E-state index < -0.39 is 0 Å². The quantitative estimate of drug-likeness (QED) is 0.304. The lowest BCUT2D eigenvalue weighted by Gasteiger charge is -2.03. The van der Waals surface area contributed by atoms with E-state index in [0.717, 1.165) is 12.5 Å². The average molecular weight is 431 g/mol. The molecule has 0 aromatic heterocycles. The van der Waals surface area contributed by atoms with Crippen LogP contribution in [0.3, 0.4) is 0 Å². The lowest BCUT2D eigenvalue weighted by Crippen LogP contribution is -1.80. The molecule has 0 amide bonds. The van der Waals surface area contributed by atoms with Crippen LogP contribution in [0.15, 0.2) is 15.0 Å². The van der Waals surface area contributed by atoms with Crippen LogP contribution in [0.5, 0.6) is 0 Å². The fourth-order valence-electron chi connectivity index (χ4n) is 0.544. The van der Waals surface area contributed by atoms with Gasteiger partial charge in [-0.05, 0) is 60.5 Å². The Bertz CT molecular complexity index is 275. The second-order valence-corrected chi connectivity index (χ2v) is 5.29. The topological polar surface area (TPSA) is 0 Å². The van der Waals surface area contributed by atoms with Crippen molar-refractivity contribution in [1.29, 1.82) is 0 Å². The molecule has 0 fully saturated rings. The van der Waals surface area contributed by atoms with Gasteiger partial charge in [0.2, 0.25) is 0 Å². The minimum Gasteiger partial charge on any atom is -0.0830 e. The average Bonchev–Trinajstić information content (AvgIpc) is 1.97. The first-order valence-corrected chi connectivity index (χ1v) is 5.94. The zero-order valence-electron chi connectivity index (χ0n) is 4.97. The van der Waals surface area contributed by atoms with Crippen molar-refractivity contribution in [3.05, 3.63) is 28.6 Å². The van der Waals surface area contributed by atoms with Gasteiger partial charge in [-0.25, -0.2) is 0 Å². The summed E-state index contributed by atoms with van der Waals surface area (Å²) in [6.07, 6.45) is 0. The van der Waals surface area contributed by atoms with Crippen molar-refractivity contribution in [2.75, 3.05) is 0 Å². The van der Waals surface area contributed by atoms with Crippen molar-refractivity contribution in [1.82, 2.24) is 0 Å². The van der Waals surface area contributed by atoms with E-state index in [4.69, 9.17) is 23.2 Å². The molecule has 0 N–H and O–H groups in total. The molecule has 0 saturated carbocycles. The smallest absolute Gasteiger partial charge is 0.0693 e. The van der Waals surface area contributed by atoms with Crippen LogP contribution < -0.4 is 0 Å². The van der Waals surface area contributed by atoms with Crippen LogP contribution in [-0.2, 0) is 0 Å². The van der Waals surface area contributed by atoms with E-state index >= 15 is 0 Å². The molecule has 0 nitrogen and oxygen atoms in total. The van der Waals surface area contributed by atoms with Gasteiger partial charge in [0.05, 0.1) is 14.5 Å². The highest BCUT2D eigenvalue weighted by atomic mass is 127. The van der Waals surface area contributed by atoms with E-state index in [1.54, 1.807) is 6.07 Å². The van der Waals surface area contributed by atoms with Crippen LogP contribution in [0, 0.1) is 3.57 Å². The van der Waals surface area contributed by atoms with Gasteiger partial charge in [-0.1, -0.05) is 23.2 Å². The fraction of sp³-hybridized carbons (Fsp3) is 0. The summed E-state index contributed by atoms with van der Waals surface area (Å²) in [5.41, 5.74) is 0. The molecule has 0 atom stereocenters.